The number of ether oxygens (including phenoxy) is 1. The highest BCUT2D eigenvalue weighted by atomic mass is 16.5. The predicted octanol–water partition coefficient (Wildman–Crippen LogP) is 3.57. The Morgan fingerprint density at radius 2 is 1.58 bits per heavy atom. The highest BCUT2D eigenvalue weighted by molar-refractivity contribution is 5.60. The van der Waals surface area contributed by atoms with Crippen LogP contribution in [0.1, 0.15) is 28.4 Å². The lowest BCUT2D eigenvalue weighted by atomic mass is 10.1. The Morgan fingerprint density at radius 3 is 2.13 bits per heavy atom. The Labute approximate surface area is 225 Å². The molecule has 0 bridgehead atoms. The van der Waals surface area contributed by atoms with Crippen molar-refractivity contribution in [3.63, 3.8) is 0 Å². The monoisotopic (exact) mass is 523 g/mol. The van der Waals surface area contributed by atoms with E-state index in [4.69, 9.17) is 9.53 Å². The molecule has 1 unspecified atom stereocenters. The highest BCUT2D eigenvalue weighted by Crippen LogP contribution is 2.22. The summed E-state index contributed by atoms with van der Waals surface area (Å²) in [5.41, 5.74) is 5.66. The van der Waals surface area contributed by atoms with Crippen molar-refractivity contribution in [3.8, 4) is 5.75 Å². The van der Waals surface area contributed by atoms with Gasteiger partial charge in [0.2, 0.25) is 0 Å². The van der Waals surface area contributed by atoms with E-state index in [0.717, 1.165) is 50.6 Å². The Bertz CT molecular complexity index is 1050. The molecule has 0 aromatic heterocycles. The van der Waals surface area contributed by atoms with Crippen LogP contribution in [0, 0.1) is 6.92 Å². The summed E-state index contributed by atoms with van der Waals surface area (Å²) < 4.78 is 5.10. The summed E-state index contributed by atoms with van der Waals surface area (Å²) in [5, 5.41) is 35.8. The molecule has 3 aromatic rings. The number of benzene rings is 3. The highest BCUT2D eigenvalue weighted by Gasteiger charge is 2.10. The number of phenols is 1. The third kappa shape index (κ3) is 11.0. The number of hydrogen-bond donors (Lipinski definition) is 5. The fourth-order valence-electron chi connectivity index (χ4n) is 3.74. The Balaban J connectivity index is 0.000000481. The molecule has 0 saturated carbocycles. The summed E-state index contributed by atoms with van der Waals surface area (Å²) in [4.78, 5) is 10.3. The third-order valence-electron chi connectivity index (χ3n) is 6.12. The quantitative estimate of drug-likeness (QED) is 0.271. The van der Waals surface area contributed by atoms with Crippen LogP contribution in [0.2, 0.25) is 0 Å². The van der Waals surface area contributed by atoms with E-state index in [2.05, 4.69) is 78.0 Å². The largest absolute Gasteiger partial charge is 0.508 e. The number of aliphatic hydroxyl groups is 2. The van der Waals surface area contributed by atoms with Crippen LogP contribution in [-0.4, -0.2) is 73.4 Å². The van der Waals surface area contributed by atoms with Crippen LogP contribution in [0.15, 0.2) is 66.7 Å². The number of rotatable bonds is 9. The standard InChI is InChI=1S/C24H28N2O3.C5H11NO.CH2O/c1-17-2-7-21(8-3-17)26-22-9-4-18(5-10-22)12-13-25-15-24(29)19-6-11-23(28)20(14-19)16-27;1-6-2-4-7-5-3-6;1-2/h2-11,14,24-29H,12-13,15-16H2,1H3;2-5H2,1H3;1H2. The van der Waals surface area contributed by atoms with Crippen LogP contribution < -0.4 is 10.6 Å². The van der Waals surface area contributed by atoms with Crippen molar-refractivity contribution in [1.82, 2.24) is 10.2 Å². The van der Waals surface area contributed by atoms with Crippen molar-refractivity contribution in [2.75, 3.05) is 51.8 Å². The first-order chi connectivity index (χ1) is 18.4. The average Bonchev–Trinajstić information content (AvgIpc) is 2.95. The minimum absolute atomic E-state index is 0.0386. The molecule has 3 aromatic carbocycles. The number of carbonyl (C=O) groups is 1. The summed E-state index contributed by atoms with van der Waals surface area (Å²) in [5.74, 6) is 0.0386. The summed E-state index contributed by atoms with van der Waals surface area (Å²) in [6, 6.07) is 21.4. The minimum atomic E-state index is -0.693. The molecule has 1 aliphatic rings. The summed E-state index contributed by atoms with van der Waals surface area (Å²) in [6.07, 6.45) is 0.164. The molecular formula is C30H41N3O5. The minimum Gasteiger partial charge on any atom is -0.508 e. The van der Waals surface area contributed by atoms with Gasteiger partial charge in [-0.05, 0) is 74.5 Å². The lowest BCUT2D eigenvalue weighted by Crippen LogP contribution is -2.32. The van der Waals surface area contributed by atoms with Crippen molar-refractivity contribution < 1.29 is 24.9 Å². The average molecular weight is 524 g/mol. The second kappa shape index (κ2) is 17.3. The van der Waals surface area contributed by atoms with E-state index in [1.54, 1.807) is 12.1 Å². The van der Waals surface area contributed by atoms with Gasteiger partial charge in [-0.25, -0.2) is 0 Å². The molecule has 0 aliphatic carbocycles. The van der Waals surface area contributed by atoms with Crippen molar-refractivity contribution in [2.24, 2.45) is 0 Å². The van der Waals surface area contributed by atoms with E-state index < -0.39 is 6.10 Å². The molecule has 8 nitrogen and oxygen atoms in total. The zero-order valence-electron chi connectivity index (χ0n) is 22.4. The van der Waals surface area contributed by atoms with Gasteiger partial charge in [0.05, 0.1) is 25.9 Å². The zero-order valence-corrected chi connectivity index (χ0v) is 22.4. The van der Waals surface area contributed by atoms with E-state index in [-0.39, 0.29) is 12.4 Å². The van der Waals surface area contributed by atoms with Gasteiger partial charge in [-0.15, -0.1) is 0 Å². The van der Waals surface area contributed by atoms with Crippen LogP contribution in [0.3, 0.4) is 0 Å². The van der Waals surface area contributed by atoms with Gasteiger partial charge in [0, 0.05) is 36.6 Å². The lowest BCUT2D eigenvalue weighted by Gasteiger charge is -2.21. The Morgan fingerprint density at radius 1 is 0.974 bits per heavy atom. The molecule has 0 spiro atoms. The maximum absolute atomic E-state index is 10.3. The van der Waals surface area contributed by atoms with Crippen LogP contribution in [0.25, 0.3) is 0 Å². The van der Waals surface area contributed by atoms with Crippen LogP contribution >= 0.6 is 0 Å². The Hall–Kier alpha value is -3.27. The summed E-state index contributed by atoms with van der Waals surface area (Å²) in [7, 11) is 2.11. The number of morpholine rings is 1. The molecule has 5 N–H and O–H groups in total. The van der Waals surface area contributed by atoms with Crippen molar-refractivity contribution >= 4 is 18.2 Å². The van der Waals surface area contributed by atoms with Gasteiger partial charge in [-0.2, -0.15) is 0 Å². The molecule has 1 atom stereocenters. The van der Waals surface area contributed by atoms with E-state index >= 15 is 0 Å². The van der Waals surface area contributed by atoms with Gasteiger partial charge in [0.15, 0.2) is 0 Å². The zero-order chi connectivity index (χ0) is 27.8. The van der Waals surface area contributed by atoms with Gasteiger partial charge in [-0.1, -0.05) is 35.9 Å². The lowest BCUT2D eigenvalue weighted by molar-refractivity contribution is -0.0980. The Kier molecular flexibility index (Phi) is 14.1. The second-order valence-corrected chi connectivity index (χ2v) is 9.12. The van der Waals surface area contributed by atoms with Crippen molar-refractivity contribution in [2.45, 2.75) is 26.1 Å². The predicted molar refractivity (Wildman–Crippen MR) is 152 cm³/mol. The van der Waals surface area contributed by atoms with E-state index in [1.165, 1.54) is 17.2 Å². The number of aliphatic hydroxyl groups excluding tert-OH is 2. The molecule has 1 heterocycles. The van der Waals surface area contributed by atoms with Crippen molar-refractivity contribution in [3.05, 3.63) is 89.0 Å². The van der Waals surface area contributed by atoms with Gasteiger partial charge >= 0.3 is 0 Å². The molecule has 8 heteroatoms. The number of aromatic hydroxyl groups is 1. The van der Waals surface area contributed by atoms with Gasteiger partial charge in [0.25, 0.3) is 0 Å². The second-order valence-electron chi connectivity index (χ2n) is 9.12. The molecule has 1 aliphatic heterocycles. The van der Waals surface area contributed by atoms with Crippen LogP contribution in [-0.2, 0) is 22.6 Å². The fourth-order valence-corrected chi connectivity index (χ4v) is 3.74. The number of nitrogens with one attached hydrogen (secondary N) is 2. The molecule has 206 valence electrons. The number of nitrogens with zero attached hydrogens (tertiary/aromatic N) is 1. The first-order valence-corrected chi connectivity index (χ1v) is 12.7. The number of aryl methyl sites for hydroxylation is 1. The normalized spacial score (nSPS) is 13.9. The first kappa shape index (κ1) is 31.0. The van der Waals surface area contributed by atoms with E-state index in [1.807, 2.05) is 6.79 Å². The molecular weight excluding hydrogens is 482 g/mol. The van der Waals surface area contributed by atoms with E-state index in [0.29, 0.717) is 17.7 Å². The third-order valence-corrected chi connectivity index (χ3v) is 6.12. The maximum atomic E-state index is 10.3. The molecule has 1 saturated heterocycles. The number of hydrogen-bond acceptors (Lipinski definition) is 8. The van der Waals surface area contributed by atoms with E-state index in [9.17, 15) is 15.3 Å². The molecule has 38 heavy (non-hydrogen) atoms. The van der Waals surface area contributed by atoms with Gasteiger partial charge in [-0.3, -0.25) is 0 Å². The summed E-state index contributed by atoms with van der Waals surface area (Å²) in [6.45, 7) is 8.99. The number of carbonyl (C=O) groups excluding carboxylic acids is 1. The molecule has 0 amide bonds. The van der Waals surface area contributed by atoms with Gasteiger partial charge in [0.1, 0.15) is 12.5 Å². The summed E-state index contributed by atoms with van der Waals surface area (Å²) >= 11 is 0. The first-order valence-electron chi connectivity index (χ1n) is 12.7. The van der Waals surface area contributed by atoms with Crippen LogP contribution in [0.5, 0.6) is 5.75 Å². The topological polar surface area (TPSA) is 114 Å². The molecule has 4 rings (SSSR count). The van der Waals surface area contributed by atoms with Crippen molar-refractivity contribution in [1.29, 1.82) is 0 Å². The SMILES string of the molecule is C=O.CN1CCOCC1.Cc1ccc(Nc2ccc(CCNCC(O)c3ccc(O)c(CO)c3)cc2)cc1. The van der Waals surface area contributed by atoms with Crippen LogP contribution in [0.4, 0.5) is 11.4 Å². The smallest absolute Gasteiger partial charge is 0.121 e. The molecule has 0 radical (unpaired) electrons. The molecule has 1 fully saturated rings. The fraction of sp³-hybridized carbons (Fsp3) is 0.367. The number of anilines is 2. The number of likely N-dealkylation sites (N-methyl/N-ethyl adjacent to an activating group) is 1. The maximum Gasteiger partial charge on any atom is 0.121 e. The van der Waals surface area contributed by atoms with Gasteiger partial charge < -0.3 is 40.4 Å².